The summed E-state index contributed by atoms with van der Waals surface area (Å²) in [6, 6.07) is 17.5. The Morgan fingerprint density at radius 2 is 1.87 bits per heavy atom. The van der Waals surface area contributed by atoms with Gasteiger partial charge in [-0.15, -0.1) is 0 Å². The quantitative estimate of drug-likeness (QED) is 0.334. The summed E-state index contributed by atoms with van der Waals surface area (Å²) in [7, 11) is -1.31. The Kier molecular flexibility index (Phi) is 7.69. The van der Waals surface area contributed by atoms with Gasteiger partial charge in [0.25, 0.3) is 0 Å². The molecule has 0 aliphatic carbocycles. The normalized spacial score (nSPS) is 21.6. The highest BCUT2D eigenvalue weighted by atomic mass is 32.2. The fraction of sp³-hybridized carbons (Fsp3) is 0.345. The number of anilines is 2. The van der Waals surface area contributed by atoms with Crippen LogP contribution < -0.4 is 21.3 Å². The number of hydrazine groups is 1. The van der Waals surface area contributed by atoms with Crippen LogP contribution in [0.1, 0.15) is 53.0 Å². The molecule has 3 unspecified atom stereocenters. The molecule has 200 valence electrons. The highest BCUT2D eigenvalue weighted by Crippen LogP contribution is 2.38. The van der Waals surface area contributed by atoms with Crippen molar-refractivity contribution in [3.63, 3.8) is 0 Å². The van der Waals surface area contributed by atoms with Gasteiger partial charge in [-0.2, -0.15) is 0 Å². The Morgan fingerprint density at radius 3 is 2.63 bits per heavy atom. The number of aliphatic carboxylic acids is 1. The number of hydrogen-bond donors (Lipinski definition) is 3. The fourth-order valence-electron chi connectivity index (χ4n) is 5.35. The zero-order valence-corrected chi connectivity index (χ0v) is 22.4. The number of carboxylic acid groups (broad SMARTS) is 1. The molecule has 0 spiro atoms. The Morgan fingerprint density at radius 1 is 1.08 bits per heavy atom. The molecule has 8 nitrogen and oxygen atoms in total. The second kappa shape index (κ2) is 11.1. The Labute approximate surface area is 225 Å². The smallest absolute Gasteiger partial charge is 0.304 e. The summed E-state index contributed by atoms with van der Waals surface area (Å²) in [5.74, 6) is 5.86. The molecule has 5 heterocycles. The van der Waals surface area contributed by atoms with E-state index in [9.17, 15) is 14.1 Å². The minimum absolute atomic E-state index is 0.0628. The lowest BCUT2D eigenvalue weighted by atomic mass is 9.83. The predicted octanol–water partition coefficient (Wildman–Crippen LogP) is 4.12. The minimum Gasteiger partial charge on any atom is -0.494 e. The standard InChI is InChI=1S/C29H34N4O4S/c1-19-25-10-11-27(29(19)30)33(31)13-2-3-15-37-23-6-8-24(9-7-23)38(36)32-14-12-20-4-5-21(16-22(20)18-32)26(25)17-28(34)35/h4-11,16,26H,2-3,12-15,17-18,30-31H2,1H3,(H,34,35). The van der Waals surface area contributed by atoms with Crippen LogP contribution in [0, 0.1) is 6.92 Å². The highest BCUT2D eigenvalue weighted by molar-refractivity contribution is 7.82. The monoisotopic (exact) mass is 534 g/mol. The maximum absolute atomic E-state index is 13.4. The summed E-state index contributed by atoms with van der Waals surface area (Å²) >= 11 is 0. The molecule has 3 aromatic carbocycles. The van der Waals surface area contributed by atoms with Crippen molar-refractivity contribution in [3.8, 4) is 5.75 Å². The van der Waals surface area contributed by atoms with E-state index in [1.54, 1.807) is 5.01 Å². The average Bonchev–Trinajstić information content (AvgIpc) is 2.92. The highest BCUT2D eigenvalue weighted by Gasteiger charge is 2.26. The lowest BCUT2D eigenvalue weighted by Crippen LogP contribution is -2.33. The predicted molar refractivity (Wildman–Crippen MR) is 149 cm³/mol. The number of carboxylic acids is 1. The van der Waals surface area contributed by atoms with E-state index in [0.29, 0.717) is 31.9 Å². The lowest BCUT2D eigenvalue weighted by molar-refractivity contribution is -0.137. The molecule has 5 aliphatic rings. The lowest BCUT2D eigenvalue weighted by Gasteiger charge is -2.29. The topological polar surface area (TPSA) is 122 Å². The molecule has 0 aromatic heterocycles. The molecular formula is C29H34N4O4S. The van der Waals surface area contributed by atoms with Gasteiger partial charge < -0.3 is 20.6 Å². The maximum Gasteiger partial charge on any atom is 0.304 e. The molecule has 0 radical (unpaired) electrons. The van der Waals surface area contributed by atoms with Gasteiger partial charge in [-0.05, 0) is 84.3 Å². The zero-order chi connectivity index (χ0) is 26.8. The molecule has 0 amide bonds. The molecule has 0 saturated carbocycles. The van der Waals surface area contributed by atoms with E-state index < -0.39 is 17.0 Å². The first-order chi connectivity index (χ1) is 18.3. The molecule has 3 atom stereocenters. The number of nitrogens with zero attached hydrogens (tertiary/aromatic N) is 2. The molecule has 0 saturated heterocycles. The number of benzene rings is 3. The average molecular weight is 535 g/mol. The molecule has 5 aliphatic heterocycles. The van der Waals surface area contributed by atoms with Gasteiger partial charge in [-0.25, -0.2) is 14.4 Å². The van der Waals surface area contributed by atoms with E-state index in [2.05, 4.69) is 12.1 Å². The van der Waals surface area contributed by atoms with Crippen molar-refractivity contribution < 1.29 is 18.8 Å². The summed E-state index contributed by atoms with van der Waals surface area (Å²) in [6.07, 6.45) is 2.33. The van der Waals surface area contributed by atoms with Gasteiger partial charge in [0.15, 0.2) is 0 Å². The SMILES string of the molecule is Cc1c2ccc(c1N)N(N)CCCCOc1ccc(cc1)S(=O)N1CCc3ccc(cc3C1)C2CC(=O)O. The molecule has 8 rings (SSSR count). The van der Waals surface area contributed by atoms with Crippen LogP contribution >= 0.6 is 0 Å². The van der Waals surface area contributed by atoms with Crippen molar-refractivity contribution in [2.75, 3.05) is 30.4 Å². The molecular weight excluding hydrogens is 500 g/mol. The van der Waals surface area contributed by atoms with Crippen molar-refractivity contribution in [2.45, 2.75) is 50.0 Å². The van der Waals surface area contributed by atoms with Crippen LogP contribution in [0.15, 0.2) is 59.5 Å². The van der Waals surface area contributed by atoms with Gasteiger partial charge >= 0.3 is 5.97 Å². The third-order valence-corrected chi connectivity index (χ3v) is 8.99. The van der Waals surface area contributed by atoms with Gasteiger partial charge in [0.05, 0.1) is 29.3 Å². The fourth-order valence-corrected chi connectivity index (χ4v) is 6.53. The molecule has 9 heteroatoms. The van der Waals surface area contributed by atoms with Crippen molar-refractivity contribution in [1.29, 1.82) is 0 Å². The van der Waals surface area contributed by atoms with Gasteiger partial charge in [0.2, 0.25) is 0 Å². The van der Waals surface area contributed by atoms with Crippen molar-refractivity contribution in [3.05, 3.63) is 82.4 Å². The molecule has 5 N–H and O–H groups in total. The largest absolute Gasteiger partial charge is 0.494 e. The van der Waals surface area contributed by atoms with Crippen LogP contribution in [0.5, 0.6) is 5.75 Å². The summed E-state index contributed by atoms with van der Waals surface area (Å²) in [4.78, 5) is 12.7. The van der Waals surface area contributed by atoms with Gasteiger partial charge in [-0.3, -0.25) is 4.79 Å². The van der Waals surface area contributed by atoms with Crippen molar-refractivity contribution in [2.24, 2.45) is 5.84 Å². The maximum atomic E-state index is 13.4. The molecule has 7 bridgehead atoms. The van der Waals surface area contributed by atoms with E-state index in [-0.39, 0.29) is 12.3 Å². The number of ether oxygens (including phenoxy) is 1. The van der Waals surface area contributed by atoms with E-state index in [1.807, 2.05) is 53.7 Å². The third kappa shape index (κ3) is 5.41. The summed E-state index contributed by atoms with van der Waals surface area (Å²) in [5.41, 5.74) is 12.7. The van der Waals surface area contributed by atoms with E-state index >= 15 is 0 Å². The Bertz CT molecular complexity index is 1360. The van der Waals surface area contributed by atoms with E-state index in [1.165, 1.54) is 5.56 Å². The van der Waals surface area contributed by atoms with Crippen molar-refractivity contribution >= 4 is 28.3 Å². The van der Waals surface area contributed by atoms with Crippen LogP contribution in [-0.2, 0) is 28.7 Å². The number of rotatable bonds is 2. The van der Waals surface area contributed by atoms with Gasteiger partial charge in [-0.1, -0.05) is 24.3 Å². The molecule has 3 aromatic rings. The second-order valence-electron chi connectivity index (χ2n) is 9.97. The van der Waals surface area contributed by atoms with Gasteiger partial charge in [0.1, 0.15) is 16.7 Å². The van der Waals surface area contributed by atoms with Crippen LogP contribution in [0.25, 0.3) is 0 Å². The van der Waals surface area contributed by atoms with Crippen LogP contribution in [0.4, 0.5) is 11.4 Å². The Balaban J connectivity index is 1.56. The molecule has 0 fully saturated rings. The summed E-state index contributed by atoms with van der Waals surface area (Å²) < 4.78 is 21.3. The zero-order valence-electron chi connectivity index (χ0n) is 21.6. The Hall–Kier alpha value is -3.40. The summed E-state index contributed by atoms with van der Waals surface area (Å²) in [5, 5.41) is 11.4. The van der Waals surface area contributed by atoms with Crippen molar-refractivity contribution in [1.82, 2.24) is 4.31 Å². The van der Waals surface area contributed by atoms with E-state index in [0.717, 1.165) is 57.8 Å². The minimum atomic E-state index is -1.31. The first kappa shape index (κ1) is 26.2. The second-order valence-corrected chi connectivity index (χ2v) is 11.5. The van der Waals surface area contributed by atoms with Crippen LogP contribution in [0.2, 0.25) is 0 Å². The first-order valence-corrected chi connectivity index (χ1v) is 14.1. The van der Waals surface area contributed by atoms with Crippen LogP contribution in [-0.4, -0.2) is 39.3 Å². The van der Waals surface area contributed by atoms with E-state index in [4.69, 9.17) is 16.3 Å². The third-order valence-electron chi connectivity index (χ3n) is 7.53. The molecule has 38 heavy (non-hydrogen) atoms. The number of nitrogens with two attached hydrogens (primary N) is 2. The first-order valence-electron chi connectivity index (χ1n) is 13.0. The number of nitrogen functional groups attached to an aromatic ring is 1. The van der Waals surface area contributed by atoms with Gasteiger partial charge in [0, 0.05) is 25.6 Å². The number of hydrogen-bond acceptors (Lipinski definition) is 6. The van der Waals surface area contributed by atoms with Crippen LogP contribution in [0.3, 0.4) is 0 Å². The number of carbonyl (C=O) groups is 1. The summed E-state index contributed by atoms with van der Waals surface area (Å²) in [6.45, 7) is 4.28.